The highest BCUT2D eigenvalue weighted by molar-refractivity contribution is 5.89. The van der Waals surface area contributed by atoms with E-state index in [1.54, 1.807) is 37.1 Å². The first kappa shape index (κ1) is 21.9. The second-order valence-corrected chi connectivity index (χ2v) is 6.86. The first-order valence-electron chi connectivity index (χ1n) is 9.80. The first-order chi connectivity index (χ1) is 14.9. The number of anilines is 2. The van der Waals surface area contributed by atoms with Crippen LogP contribution in [0.15, 0.2) is 30.3 Å². The summed E-state index contributed by atoms with van der Waals surface area (Å²) >= 11 is 0. The maximum absolute atomic E-state index is 12.1. The van der Waals surface area contributed by atoms with Gasteiger partial charge < -0.3 is 25.4 Å². The van der Waals surface area contributed by atoms with Crippen molar-refractivity contribution in [1.29, 1.82) is 0 Å². The molecular weight excluding hydrogens is 398 g/mol. The van der Waals surface area contributed by atoms with E-state index >= 15 is 0 Å². The van der Waals surface area contributed by atoms with Crippen LogP contribution in [0.2, 0.25) is 0 Å². The standard InChI is InChI=1S/C21H27N7O3/c1-13-14(2)27-28(15(13)3)20-9-8-19(25-26-20)22-10-11-23-21(29)24-16-6-7-17(30-4)18(12-16)31-5/h6-9,12H,10-11H2,1-5H3,(H,22,25)(H2,23,24,29). The van der Waals surface area contributed by atoms with Crippen LogP contribution in [0.3, 0.4) is 0 Å². The van der Waals surface area contributed by atoms with Gasteiger partial charge in [0.2, 0.25) is 0 Å². The summed E-state index contributed by atoms with van der Waals surface area (Å²) in [6.07, 6.45) is 0. The van der Waals surface area contributed by atoms with E-state index in [1.165, 1.54) is 0 Å². The van der Waals surface area contributed by atoms with Crippen LogP contribution < -0.4 is 25.4 Å². The molecule has 31 heavy (non-hydrogen) atoms. The molecule has 0 spiro atoms. The predicted octanol–water partition coefficient (Wildman–Crippen LogP) is 2.84. The van der Waals surface area contributed by atoms with Crippen molar-refractivity contribution < 1.29 is 14.3 Å². The smallest absolute Gasteiger partial charge is 0.319 e. The third-order valence-electron chi connectivity index (χ3n) is 4.88. The minimum absolute atomic E-state index is 0.324. The summed E-state index contributed by atoms with van der Waals surface area (Å²) in [4.78, 5) is 12.1. The summed E-state index contributed by atoms with van der Waals surface area (Å²) in [6.45, 7) is 6.90. The van der Waals surface area contributed by atoms with Gasteiger partial charge in [-0.1, -0.05) is 0 Å². The Morgan fingerprint density at radius 3 is 2.39 bits per heavy atom. The minimum atomic E-state index is -0.324. The SMILES string of the molecule is COc1ccc(NC(=O)NCCNc2ccc(-n3nc(C)c(C)c3C)nn2)cc1OC. The highest BCUT2D eigenvalue weighted by atomic mass is 16.5. The van der Waals surface area contributed by atoms with Crippen molar-refractivity contribution >= 4 is 17.5 Å². The number of rotatable bonds is 8. The Labute approximate surface area is 181 Å². The van der Waals surface area contributed by atoms with Gasteiger partial charge in [-0.15, -0.1) is 10.2 Å². The molecule has 0 saturated carbocycles. The Morgan fingerprint density at radius 2 is 1.77 bits per heavy atom. The molecule has 0 bridgehead atoms. The molecule has 3 rings (SSSR count). The Bertz CT molecular complexity index is 1050. The molecule has 2 aromatic heterocycles. The van der Waals surface area contributed by atoms with Gasteiger partial charge >= 0.3 is 6.03 Å². The van der Waals surface area contributed by atoms with Gasteiger partial charge in [0.15, 0.2) is 17.3 Å². The van der Waals surface area contributed by atoms with Gasteiger partial charge in [-0.25, -0.2) is 9.48 Å². The van der Waals surface area contributed by atoms with E-state index in [1.807, 2.05) is 32.9 Å². The topological polar surface area (TPSA) is 115 Å². The fourth-order valence-corrected chi connectivity index (χ4v) is 2.93. The molecule has 3 aromatic rings. The largest absolute Gasteiger partial charge is 0.493 e. The van der Waals surface area contributed by atoms with Crippen molar-refractivity contribution in [3.8, 4) is 17.3 Å². The summed E-state index contributed by atoms with van der Waals surface area (Å²) in [5, 5.41) is 21.5. The lowest BCUT2D eigenvalue weighted by Crippen LogP contribution is -2.32. The quantitative estimate of drug-likeness (QED) is 0.475. The van der Waals surface area contributed by atoms with E-state index in [9.17, 15) is 4.79 Å². The number of nitrogens with one attached hydrogen (secondary N) is 3. The fraction of sp³-hybridized carbons (Fsp3) is 0.333. The lowest BCUT2D eigenvalue weighted by molar-refractivity contribution is 0.252. The van der Waals surface area contributed by atoms with Gasteiger partial charge in [-0.2, -0.15) is 5.10 Å². The molecule has 0 aliphatic heterocycles. The van der Waals surface area contributed by atoms with Crippen molar-refractivity contribution in [2.45, 2.75) is 20.8 Å². The number of carbonyl (C=O) groups excluding carboxylic acids is 1. The van der Waals surface area contributed by atoms with E-state index in [-0.39, 0.29) is 6.03 Å². The molecule has 0 saturated heterocycles. The summed E-state index contributed by atoms with van der Waals surface area (Å²) in [7, 11) is 3.10. The van der Waals surface area contributed by atoms with Crippen molar-refractivity contribution in [3.05, 3.63) is 47.3 Å². The number of hydrogen-bond donors (Lipinski definition) is 3. The molecule has 0 fully saturated rings. The predicted molar refractivity (Wildman–Crippen MR) is 118 cm³/mol. The van der Waals surface area contributed by atoms with Crippen molar-refractivity contribution in [1.82, 2.24) is 25.3 Å². The molecule has 0 unspecified atom stereocenters. The number of aromatic nitrogens is 4. The molecular formula is C21H27N7O3. The molecule has 1 aromatic carbocycles. The number of nitrogens with zero attached hydrogens (tertiary/aromatic N) is 4. The van der Waals surface area contributed by atoms with E-state index in [0.717, 1.165) is 17.0 Å². The average Bonchev–Trinajstić information content (AvgIpc) is 3.04. The second-order valence-electron chi connectivity index (χ2n) is 6.86. The minimum Gasteiger partial charge on any atom is -0.493 e. The molecule has 2 amide bonds. The molecule has 3 N–H and O–H groups in total. The molecule has 0 atom stereocenters. The molecule has 2 heterocycles. The van der Waals surface area contributed by atoms with Gasteiger partial charge in [-0.05, 0) is 50.6 Å². The number of methoxy groups -OCH3 is 2. The maximum atomic E-state index is 12.1. The van der Waals surface area contributed by atoms with Gasteiger partial charge in [0.05, 0.1) is 19.9 Å². The Kier molecular flexibility index (Phi) is 6.91. The zero-order valence-electron chi connectivity index (χ0n) is 18.3. The number of hydrogen-bond acceptors (Lipinski definition) is 7. The maximum Gasteiger partial charge on any atom is 0.319 e. The molecule has 164 valence electrons. The molecule has 0 radical (unpaired) electrons. The van der Waals surface area contributed by atoms with Crippen LogP contribution in [0.25, 0.3) is 5.82 Å². The van der Waals surface area contributed by atoms with Crippen molar-refractivity contribution in [3.63, 3.8) is 0 Å². The number of urea groups is 1. The average molecular weight is 425 g/mol. The second kappa shape index (κ2) is 9.79. The van der Waals surface area contributed by atoms with Crippen LogP contribution in [-0.2, 0) is 0 Å². The van der Waals surface area contributed by atoms with Crippen molar-refractivity contribution in [2.75, 3.05) is 37.9 Å². The fourth-order valence-electron chi connectivity index (χ4n) is 2.93. The van der Waals surface area contributed by atoms with E-state index in [2.05, 4.69) is 31.2 Å². The van der Waals surface area contributed by atoms with E-state index < -0.39 is 0 Å². The van der Waals surface area contributed by atoms with Crippen LogP contribution >= 0.6 is 0 Å². The number of benzene rings is 1. The Balaban J connectivity index is 1.46. The molecule has 0 aliphatic rings. The van der Waals surface area contributed by atoms with E-state index in [0.29, 0.717) is 41.9 Å². The van der Waals surface area contributed by atoms with Crippen LogP contribution in [0.1, 0.15) is 17.0 Å². The van der Waals surface area contributed by atoms with Crippen LogP contribution in [0, 0.1) is 20.8 Å². The first-order valence-corrected chi connectivity index (χ1v) is 9.80. The van der Waals surface area contributed by atoms with Gasteiger partial charge in [0, 0.05) is 30.5 Å². The van der Waals surface area contributed by atoms with Crippen LogP contribution in [0.4, 0.5) is 16.3 Å². The third kappa shape index (κ3) is 5.21. The Morgan fingerprint density at radius 1 is 1.00 bits per heavy atom. The monoisotopic (exact) mass is 425 g/mol. The zero-order valence-corrected chi connectivity index (χ0v) is 18.3. The van der Waals surface area contributed by atoms with Gasteiger partial charge in [-0.3, -0.25) is 0 Å². The molecule has 10 heteroatoms. The summed E-state index contributed by atoms with van der Waals surface area (Å²) in [5.41, 5.74) is 3.75. The summed E-state index contributed by atoms with van der Waals surface area (Å²) in [6, 6.07) is 8.52. The summed E-state index contributed by atoms with van der Waals surface area (Å²) < 4.78 is 12.2. The van der Waals surface area contributed by atoms with Gasteiger partial charge in [0.1, 0.15) is 5.82 Å². The number of aryl methyl sites for hydroxylation is 1. The van der Waals surface area contributed by atoms with E-state index in [4.69, 9.17) is 9.47 Å². The lowest BCUT2D eigenvalue weighted by atomic mass is 10.2. The van der Waals surface area contributed by atoms with Gasteiger partial charge in [0.25, 0.3) is 0 Å². The number of amides is 2. The normalized spacial score (nSPS) is 10.5. The van der Waals surface area contributed by atoms with Crippen LogP contribution in [-0.4, -0.2) is 53.3 Å². The number of carbonyl (C=O) groups is 1. The molecule has 10 nitrogen and oxygen atoms in total. The zero-order chi connectivity index (χ0) is 22.4. The van der Waals surface area contributed by atoms with Crippen LogP contribution in [0.5, 0.6) is 11.5 Å². The molecule has 0 aliphatic carbocycles. The highest BCUT2D eigenvalue weighted by Crippen LogP contribution is 2.29. The van der Waals surface area contributed by atoms with Crippen molar-refractivity contribution in [2.24, 2.45) is 0 Å². The third-order valence-corrected chi connectivity index (χ3v) is 4.88. The Hall–Kier alpha value is -3.82. The summed E-state index contributed by atoms with van der Waals surface area (Å²) in [5.74, 6) is 2.41. The number of ether oxygens (including phenoxy) is 2. The lowest BCUT2D eigenvalue weighted by Gasteiger charge is -2.11. The highest BCUT2D eigenvalue weighted by Gasteiger charge is 2.10.